The smallest absolute Gasteiger partial charge is 0.202 e. The second-order valence-corrected chi connectivity index (χ2v) is 10.9. The second-order valence-electron chi connectivity index (χ2n) is 7.99. The first kappa shape index (κ1) is 20.9. The summed E-state index contributed by atoms with van der Waals surface area (Å²) in [6.45, 7) is 3.10. The molecule has 1 heterocycles. The van der Waals surface area contributed by atoms with Crippen LogP contribution in [0.15, 0.2) is 84.9 Å². The van der Waals surface area contributed by atoms with Gasteiger partial charge in [-0.25, -0.2) is 0 Å². The van der Waals surface area contributed by atoms with E-state index in [1.807, 2.05) is 74.8 Å². The van der Waals surface area contributed by atoms with E-state index in [1.165, 1.54) is 4.90 Å². The van der Waals surface area contributed by atoms with Crippen LogP contribution in [0.3, 0.4) is 0 Å². The molecule has 4 rings (SSSR count). The van der Waals surface area contributed by atoms with E-state index in [0.29, 0.717) is 13.2 Å². The number of hydrogen-bond donors (Lipinski definition) is 1. The maximum absolute atomic E-state index is 15.2. The minimum Gasteiger partial charge on any atom is -0.378 e. The topological polar surface area (TPSA) is 34.0 Å². The van der Waals surface area contributed by atoms with Crippen LogP contribution >= 0.6 is 7.14 Å². The van der Waals surface area contributed by atoms with Gasteiger partial charge < -0.3 is 19.1 Å². The fourth-order valence-corrected chi connectivity index (χ4v) is 7.80. The minimum absolute atomic E-state index is 0.151. The van der Waals surface area contributed by atoms with Crippen molar-refractivity contribution < 1.29 is 14.2 Å². The van der Waals surface area contributed by atoms with Crippen molar-refractivity contribution in [1.82, 2.24) is 0 Å². The zero-order valence-electron chi connectivity index (χ0n) is 17.7. The second kappa shape index (κ2) is 9.18. The molecule has 0 saturated carbocycles. The largest absolute Gasteiger partial charge is 0.378 e. The van der Waals surface area contributed by atoms with Gasteiger partial charge in [0, 0.05) is 36.0 Å². The predicted molar refractivity (Wildman–Crippen MR) is 125 cm³/mol. The van der Waals surface area contributed by atoms with Gasteiger partial charge in [-0.15, -0.1) is 0 Å². The molecule has 0 aromatic heterocycles. The average molecular weight is 422 g/mol. The highest BCUT2D eigenvalue weighted by Gasteiger charge is 2.45. The third-order valence-corrected chi connectivity index (χ3v) is 9.41. The van der Waals surface area contributed by atoms with Crippen molar-refractivity contribution in [2.24, 2.45) is 0 Å². The minimum atomic E-state index is -2.97. The molecule has 1 N–H and O–H groups in total. The highest BCUT2D eigenvalue weighted by molar-refractivity contribution is 7.78. The first-order valence-electron chi connectivity index (χ1n) is 10.5. The summed E-state index contributed by atoms with van der Waals surface area (Å²) in [6.07, 6.45) is 0. The molecule has 3 aromatic carbocycles. The van der Waals surface area contributed by atoms with Crippen molar-refractivity contribution >= 4 is 23.4 Å². The maximum atomic E-state index is 15.2. The molecule has 0 amide bonds. The van der Waals surface area contributed by atoms with Crippen molar-refractivity contribution in [1.29, 1.82) is 0 Å². The number of ether oxygens (including phenoxy) is 1. The lowest BCUT2D eigenvalue weighted by Gasteiger charge is -2.37. The first-order valence-corrected chi connectivity index (χ1v) is 12.3. The van der Waals surface area contributed by atoms with Gasteiger partial charge in [-0.3, -0.25) is 0 Å². The zero-order chi connectivity index (χ0) is 21.0. The summed E-state index contributed by atoms with van der Waals surface area (Å²) in [7, 11) is 1.11. The van der Waals surface area contributed by atoms with Crippen LogP contribution in [0.25, 0.3) is 0 Å². The summed E-state index contributed by atoms with van der Waals surface area (Å²) in [6, 6.07) is 28.6. The van der Waals surface area contributed by atoms with Gasteiger partial charge >= 0.3 is 0 Å². The molecule has 0 radical (unpaired) electrons. The molecule has 1 unspecified atom stereocenters. The fraction of sp³-hybridized carbons (Fsp3) is 0.280. The van der Waals surface area contributed by atoms with Crippen LogP contribution in [0.5, 0.6) is 0 Å². The van der Waals surface area contributed by atoms with Crippen LogP contribution in [0.2, 0.25) is 0 Å². The Hall–Kier alpha value is -2.39. The van der Waals surface area contributed by atoms with E-state index < -0.39 is 7.14 Å². The maximum Gasteiger partial charge on any atom is 0.202 e. The summed E-state index contributed by atoms with van der Waals surface area (Å²) in [5.41, 5.74) is 2.26. The molecule has 3 aromatic rings. The predicted octanol–water partition coefficient (Wildman–Crippen LogP) is 2.68. The molecule has 5 heteroatoms. The van der Waals surface area contributed by atoms with E-state index in [9.17, 15) is 0 Å². The standard InChI is InChI=1S/C25H29N2O2P/c1-26(2)22-15-13-21(14-16-22)25(27-17-19-29-20-18-27)30(28,23-9-5-3-6-10-23)24-11-7-4-8-12-24/h3-16,25H,17-20H2,1-2H3/p+1. The Kier molecular flexibility index (Phi) is 6.38. The van der Waals surface area contributed by atoms with Crippen molar-refractivity contribution in [3.8, 4) is 0 Å². The lowest BCUT2D eigenvalue weighted by atomic mass is 10.1. The third kappa shape index (κ3) is 4.09. The number of quaternary nitrogens is 1. The summed E-state index contributed by atoms with van der Waals surface area (Å²) < 4.78 is 20.8. The van der Waals surface area contributed by atoms with E-state index >= 15 is 4.57 Å². The number of rotatable bonds is 6. The van der Waals surface area contributed by atoms with Crippen LogP contribution in [-0.2, 0) is 9.30 Å². The third-order valence-electron chi connectivity index (χ3n) is 5.89. The van der Waals surface area contributed by atoms with Gasteiger partial charge in [0.2, 0.25) is 7.14 Å². The average Bonchev–Trinajstić information content (AvgIpc) is 2.81. The molecule has 1 fully saturated rings. The molecule has 0 aliphatic carbocycles. The van der Waals surface area contributed by atoms with Crippen molar-refractivity contribution in [3.63, 3.8) is 0 Å². The molecule has 4 nitrogen and oxygen atoms in total. The van der Waals surface area contributed by atoms with Gasteiger partial charge in [0.1, 0.15) is 13.1 Å². The van der Waals surface area contributed by atoms with Crippen molar-refractivity contribution in [2.75, 3.05) is 45.3 Å². The molecule has 0 spiro atoms. The zero-order valence-corrected chi connectivity index (χ0v) is 18.6. The molecule has 30 heavy (non-hydrogen) atoms. The van der Waals surface area contributed by atoms with Crippen LogP contribution in [0, 0.1) is 0 Å². The highest BCUT2D eigenvalue weighted by Crippen LogP contribution is 2.54. The molecule has 1 saturated heterocycles. The van der Waals surface area contributed by atoms with Gasteiger partial charge in [0.05, 0.1) is 13.2 Å². The van der Waals surface area contributed by atoms with Crippen molar-refractivity contribution in [3.05, 3.63) is 90.5 Å². The number of nitrogens with one attached hydrogen (secondary N) is 1. The van der Waals surface area contributed by atoms with E-state index in [4.69, 9.17) is 4.74 Å². The molecule has 0 bridgehead atoms. The van der Waals surface area contributed by atoms with Crippen LogP contribution < -0.4 is 20.4 Å². The van der Waals surface area contributed by atoms with Gasteiger partial charge in [0.25, 0.3) is 0 Å². The highest BCUT2D eigenvalue weighted by atomic mass is 31.2. The Morgan fingerprint density at radius 3 is 1.77 bits per heavy atom. The van der Waals surface area contributed by atoms with E-state index in [0.717, 1.165) is 34.9 Å². The molecular formula is C25H30N2O2P+. The number of benzene rings is 3. The molecule has 1 aliphatic rings. The van der Waals surface area contributed by atoms with Gasteiger partial charge in [-0.05, 0) is 12.1 Å². The number of hydrogen-bond acceptors (Lipinski definition) is 3. The normalized spacial score (nSPS) is 16.2. The van der Waals surface area contributed by atoms with E-state index in [2.05, 4.69) is 29.2 Å². The van der Waals surface area contributed by atoms with Gasteiger partial charge in [-0.1, -0.05) is 72.8 Å². The van der Waals surface area contributed by atoms with E-state index in [1.54, 1.807) is 0 Å². The first-order chi connectivity index (χ1) is 14.6. The summed E-state index contributed by atoms with van der Waals surface area (Å²) in [5, 5.41) is 1.83. The van der Waals surface area contributed by atoms with Gasteiger partial charge in [-0.2, -0.15) is 0 Å². The van der Waals surface area contributed by atoms with E-state index in [-0.39, 0.29) is 5.78 Å². The lowest BCUT2D eigenvalue weighted by molar-refractivity contribution is -0.925. The number of morpholine rings is 1. The Labute approximate surface area is 179 Å². The summed E-state index contributed by atoms with van der Waals surface area (Å²) in [4.78, 5) is 3.42. The monoisotopic (exact) mass is 421 g/mol. The summed E-state index contributed by atoms with van der Waals surface area (Å²) >= 11 is 0. The number of anilines is 1. The quantitative estimate of drug-likeness (QED) is 0.622. The van der Waals surface area contributed by atoms with Gasteiger partial charge in [0.15, 0.2) is 5.78 Å². The molecule has 1 atom stereocenters. The fourth-order valence-electron chi connectivity index (χ4n) is 4.31. The Morgan fingerprint density at radius 2 is 1.30 bits per heavy atom. The molecular weight excluding hydrogens is 391 g/mol. The van der Waals surface area contributed by atoms with Crippen LogP contribution in [0.1, 0.15) is 11.3 Å². The van der Waals surface area contributed by atoms with Crippen LogP contribution in [-0.4, -0.2) is 40.4 Å². The Bertz CT molecular complexity index is 941. The summed E-state index contributed by atoms with van der Waals surface area (Å²) in [5.74, 6) is -0.151. The lowest BCUT2D eigenvalue weighted by Crippen LogP contribution is -3.14. The number of nitrogens with zero attached hydrogens (tertiary/aromatic N) is 1. The Balaban J connectivity index is 1.90. The molecule has 156 valence electrons. The molecule has 1 aliphatic heterocycles. The van der Waals surface area contributed by atoms with Crippen molar-refractivity contribution in [2.45, 2.75) is 5.78 Å². The Morgan fingerprint density at radius 1 is 0.800 bits per heavy atom. The van der Waals surface area contributed by atoms with Crippen LogP contribution in [0.4, 0.5) is 5.69 Å². The SMILES string of the molecule is CN(C)c1ccc(C([NH+]2CCOCC2)P(=O)(c2ccccc2)c2ccccc2)cc1.